The summed E-state index contributed by atoms with van der Waals surface area (Å²) in [6.45, 7) is 3.32. The molecule has 0 saturated heterocycles. The van der Waals surface area contributed by atoms with Crippen molar-refractivity contribution in [3.63, 3.8) is 0 Å². The van der Waals surface area contributed by atoms with E-state index in [1.54, 1.807) is 12.1 Å². The Morgan fingerprint density at radius 1 is 1.39 bits per heavy atom. The van der Waals surface area contributed by atoms with E-state index in [1.807, 2.05) is 13.0 Å². The SMILES string of the molecule is Cc1cc(N)cc(C(=O)NCCCOCCO)c1. The Kier molecular flexibility index (Phi) is 6.18. The maximum atomic E-state index is 11.8. The fourth-order valence-electron chi connectivity index (χ4n) is 1.59. The predicted molar refractivity (Wildman–Crippen MR) is 70.4 cm³/mol. The lowest BCUT2D eigenvalue weighted by Gasteiger charge is -2.07. The van der Waals surface area contributed by atoms with Crippen LogP contribution in [0.15, 0.2) is 18.2 Å². The highest BCUT2D eigenvalue weighted by molar-refractivity contribution is 5.95. The normalized spacial score (nSPS) is 10.3. The van der Waals surface area contributed by atoms with Crippen LogP contribution in [0.3, 0.4) is 0 Å². The first kappa shape index (κ1) is 14.5. The van der Waals surface area contributed by atoms with E-state index in [-0.39, 0.29) is 12.5 Å². The molecule has 0 bridgehead atoms. The van der Waals surface area contributed by atoms with E-state index < -0.39 is 0 Å². The van der Waals surface area contributed by atoms with Crippen molar-refractivity contribution >= 4 is 11.6 Å². The second-order valence-corrected chi connectivity index (χ2v) is 4.08. The Hall–Kier alpha value is -1.59. The van der Waals surface area contributed by atoms with Crippen LogP contribution in [0.2, 0.25) is 0 Å². The van der Waals surface area contributed by atoms with Gasteiger partial charge >= 0.3 is 0 Å². The van der Waals surface area contributed by atoms with E-state index in [1.165, 1.54) is 0 Å². The number of nitrogen functional groups attached to an aromatic ring is 1. The van der Waals surface area contributed by atoms with Gasteiger partial charge in [0.15, 0.2) is 0 Å². The first-order chi connectivity index (χ1) is 8.63. The minimum absolute atomic E-state index is 0.0227. The molecule has 0 atom stereocenters. The number of hydrogen-bond donors (Lipinski definition) is 3. The van der Waals surface area contributed by atoms with E-state index in [0.717, 1.165) is 5.56 Å². The van der Waals surface area contributed by atoms with Crippen molar-refractivity contribution in [2.24, 2.45) is 0 Å². The van der Waals surface area contributed by atoms with Gasteiger partial charge in [-0.05, 0) is 37.1 Å². The number of aryl methyl sites for hydroxylation is 1. The second kappa shape index (κ2) is 7.68. The number of aliphatic hydroxyl groups is 1. The van der Waals surface area contributed by atoms with E-state index >= 15 is 0 Å². The average molecular weight is 252 g/mol. The van der Waals surface area contributed by atoms with E-state index in [9.17, 15) is 4.79 Å². The van der Waals surface area contributed by atoms with Crippen LogP contribution in [0.25, 0.3) is 0 Å². The fourth-order valence-corrected chi connectivity index (χ4v) is 1.59. The van der Waals surface area contributed by atoms with Crippen molar-refractivity contribution in [3.05, 3.63) is 29.3 Å². The van der Waals surface area contributed by atoms with Crippen LogP contribution in [0.1, 0.15) is 22.3 Å². The molecule has 0 unspecified atom stereocenters. The van der Waals surface area contributed by atoms with Gasteiger partial charge in [-0.15, -0.1) is 0 Å². The number of aliphatic hydroxyl groups excluding tert-OH is 1. The molecule has 0 aliphatic rings. The number of hydrogen-bond acceptors (Lipinski definition) is 4. The molecule has 4 N–H and O–H groups in total. The number of anilines is 1. The van der Waals surface area contributed by atoms with Crippen molar-refractivity contribution in [2.75, 3.05) is 32.1 Å². The summed E-state index contributed by atoms with van der Waals surface area (Å²) in [7, 11) is 0. The van der Waals surface area contributed by atoms with Gasteiger partial charge in [-0.25, -0.2) is 0 Å². The van der Waals surface area contributed by atoms with Crippen molar-refractivity contribution in [1.29, 1.82) is 0 Å². The second-order valence-electron chi connectivity index (χ2n) is 4.08. The highest BCUT2D eigenvalue weighted by Gasteiger charge is 2.05. The zero-order chi connectivity index (χ0) is 13.4. The van der Waals surface area contributed by atoms with Gasteiger partial charge in [0.2, 0.25) is 0 Å². The molecule has 18 heavy (non-hydrogen) atoms. The van der Waals surface area contributed by atoms with Gasteiger partial charge in [0.25, 0.3) is 5.91 Å². The molecule has 0 heterocycles. The summed E-state index contributed by atoms with van der Waals surface area (Å²) < 4.78 is 5.09. The molecule has 0 aromatic heterocycles. The molecule has 0 aliphatic heterocycles. The van der Waals surface area contributed by atoms with Crippen LogP contribution in [-0.4, -0.2) is 37.4 Å². The summed E-state index contributed by atoms with van der Waals surface area (Å²) in [6.07, 6.45) is 0.715. The third kappa shape index (κ3) is 5.16. The molecule has 0 saturated carbocycles. The molecule has 5 nitrogen and oxygen atoms in total. The molecule has 0 fully saturated rings. The fraction of sp³-hybridized carbons (Fsp3) is 0.462. The van der Waals surface area contributed by atoms with Gasteiger partial charge in [0.1, 0.15) is 0 Å². The molecule has 1 aromatic rings. The minimum Gasteiger partial charge on any atom is -0.399 e. The summed E-state index contributed by atoms with van der Waals surface area (Å²) in [4.78, 5) is 11.8. The minimum atomic E-state index is -0.132. The van der Waals surface area contributed by atoms with Gasteiger partial charge in [-0.1, -0.05) is 0 Å². The standard InChI is InChI=1S/C13H20N2O3/c1-10-7-11(9-12(14)8-10)13(17)15-3-2-5-18-6-4-16/h7-9,16H,2-6,14H2,1H3,(H,15,17). The third-order valence-electron chi connectivity index (χ3n) is 2.35. The summed E-state index contributed by atoms with van der Waals surface area (Å²) in [5.74, 6) is -0.132. The van der Waals surface area contributed by atoms with Crippen molar-refractivity contribution in [2.45, 2.75) is 13.3 Å². The van der Waals surface area contributed by atoms with Crippen LogP contribution in [0, 0.1) is 6.92 Å². The first-order valence-corrected chi connectivity index (χ1v) is 5.97. The molecule has 1 amide bonds. The molecule has 0 aliphatic carbocycles. The van der Waals surface area contributed by atoms with Crippen LogP contribution < -0.4 is 11.1 Å². The molecule has 0 spiro atoms. The maximum absolute atomic E-state index is 11.8. The van der Waals surface area contributed by atoms with Gasteiger partial charge in [0, 0.05) is 24.4 Å². The largest absolute Gasteiger partial charge is 0.399 e. The Morgan fingerprint density at radius 2 is 2.17 bits per heavy atom. The average Bonchev–Trinajstić information content (AvgIpc) is 2.32. The predicted octanol–water partition coefficient (Wildman–Crippen LogP) is 0.706. The lowest BCUT2D eigenvalue weighted by atomic mass is 10.1. The Balaban J connectivity index is 2.32. The quantitative estimate of drug-likeness (QED) is 0.493. The van der Waals surface area contributed by atoms with Crippen molar-refractivity contribution in [1.82, 2.24) is 5.32 Å². The van der Waals surface area contributed by atoms with Gasteiger partial charge < -0.3 is 20.9 Å². The topological polar surface area (TPSA) is 84.6 Å². The maximum Gasteiger partial charge on any atom is 0.251 e. The van der Waals surface area contributed by atoms with Crippen LogP contribution in [0.4, 0.5) is 5.69 Å². The molecule has 1 aromatic carbocycles. The molecule has 5 heteroatoms. The number of amides is 1. The molecular weight excluding hydrogens is 232 g/mol. The van der Waals surface area contributed by atoms with E-state index in [2.05, 4.69) is 5.32 Å². The molecule has 1 rings (SSSR count). The Morgan fingerprint density at radius 3 is 2.83 bits per heavy atom. The Bertz CT molecular complexity index is 374. The summed E-state index contributed by atoms with van der Waals surface area (Å²) in [5, 5.41) is 11.3. The highest BCUT2D eigenvalue weighted by atomic mass is 16.5. The number of ether oxygens (including phenoxy) is 1. The monoisotopic (exact) mass is 252 g/mol. The zero-order valence-corrected chi connectivity index (χ0v) is 10.6. The molecule has 0 radical (unpaired) electrons. The van der Waals surface area contributed by atoms with Crippen LogP contribution in [-0.2, 0) is 4.74 Å². The number of nitrogens with two attached hydrogens (primary N) is 1. The summed E-state index contributed by atoms with van der Waals surface area (Å²) in [6, 6.07) is 5.28. The summed E-state index contributed by atoms with van der Waals surface area (Å²) in [5.41, 5.74) is 7.81. The lowest BCUT2D eigenvalue weighted by Crippen LogP contribution is -2.25. The van der Waals surface area contributed by atoms with Gasteiger partial charge in [0.05, 0.1) is 13.2 Å². The van der Waals surface area contributed by atoms with Crippen LogP contribution >= 0.6 is 0 Å². The first-order valence-electron chi connectivity index (χ1n) is 5.97. The Labute approximate surface area is 107 Å². The van der Waals surface area contributed by atoms with Gasteiger partial charge in [-0.3, -0.25) is 4.79 Å². The van der Waals surface area contributed by atoms with Gasteiger partial charge in [-0.2, -0.15) is 0 Å². The van der Waals surface area contributed by atoms with E-state index in [0.29, 0.717) is 37.4 Å². The third-order valence-corrected chi connectivity index (χ3v) is 2.35. The van der Waals surface area contributed by atoms with Crippen molar-refractivity contribution < 1.29 is 14.6 Å². The highest BCUT2D eigenvalue weighted by Crippen LogP contribution is 2.10. The van der Waals surface area contributed by atoms with E-state index in [4.69, 9.17) is 15.6 Å². The number of carbonyl (C=O) groups is 1. The number of rotatable bonds is 7. The number of benzene rings is 1. The van der Waals surface area contributed by atoms with Crippen LogP contribution in [0.5, 0.6) is 0 Å². The smallest absolute Gasteiger partial charge is 0.251 e. The van der Waals surface area contributed by atoms with Crippen molar-refractivity contribution in [3.8, 4) is 0 Å². The zero-order valence-electron chi connectivity index (χ0n) is 10.6. The lowest BCUT2D eigenvalue weighted by molar-refractivity contribution is 0.0867. The molecular formula is C13H20N2O3. The number of carbonyl (C=O) groups excluding carboxylic acids is 1. The summed E-state index contributed by atoms with van der Waals surface area (Å²) >= 11 is 0. The number of nitrogens with one attached hydrogen (secondary N) is 1. The molecule has 100 valence electrons.